The van der Waals surface area contributed by atoms with E-state index in [1.807, 2.05) is 0 Å². The summed E-state index contributed by atoms with van der Waals surface area (Å²) in [5.74, 6) is -5.86. The highest BCUT2D eigenvalue weighted by Gasteiger charge is 2.29. The van der Waals surface area contributed by atoms with Crippen molar-refractivity contribution in [2.75, 3.05) is 26.2 Å². The molecule has 39 heavy (non-hydrogen) atoms. The lowest BCUT2D eigenvalue weighted by Gasteiger charge is -2.19. The molecule has 19 nitrogen and oxygen atoms in total. The summed E-state index contributed by atoms with van der Waals surface area (Å²) in [6, 6.07) is -2.51. The summed E-state index contributed by atoms with van der Waals surface area (Å²) >= 11 is 0. The van der Waals surface area contributed by atoms with Gasteiger partial charge in [0.15, 0.2) is 0 Å². The largest absolute Gasteiger partial charge is 0.480 e. The SMILES string of the molecule is C[C@@H](OC(=O)[C@@H]1CCCN1)[C@H](N)C(=O)O.NCC(=O)O.NCC(=O)O.NCC(=O)OC(=O)[C@@H](N)CCC(N)=O. The Labute approximate surface area is 223 Å². The molecule has 0 spiro atoms. The third-order valence-corrected chi connectivity index (χ3v) is 4.17. The number of carboxylic acids is 3. The normalized spacial score (nSPS) is 15.6. The summed E-state index contributed by atoms with van der Waals surface area (Å²) in [5.41, 5.74) is 29.5. The maximum atomic E-state index is 11.4. The highest BCUT2D eigenvalue weighted by atomic mass is 16.6. The Hall–Kier alpha value is -3.75. The number of carboxylic acid groups (broad SMARTS) is 3. The Bertz CT molecular complexity index is 792. The van der Waals surface area contributed by atoms with E-state index in [4.69, 9.17) is 43.0 Å². The molecule has 0 saturated carbocycles. The van der Waals surface area contributed by atoms with Crippen LogP contribution in [0.5, 0.6) is 0 Å². The number of amides is 1. The summed E-state index contributed by atoms with van der Waals surface area (Å²) in [6.07, 6.45) is 0.865. The zero-order valence-electron chi connectivity index (χ0n) is 21.4. The Morgan fingerprint density at radius 3 is 1.74 bits per heavy atom. The average Bonchev–Trinajstić information content (AvgIpc) is 3.42. The molecule has 19 heteroatoms. The molecular weight excluding hydrogens is 530 g/mol. The second kappa shape index (κ2) is 23.4. The zero-order valence-corrected chi connectivity index (χ0v) is 21.4. The molecule has 1 heterocycles. The molecule has 1 aliphatic rings. The average molecular weight is 570 g/mol. The standard InChI is InChI=1S/C9H16N2O4.C7H13N3O4.2C2H5NO2/c1-5(7(10)8(12)13)15-9(14)6-3-2-4-11-6;8-3-6(12)14-7(13)4(9)1-2-5(10)11;2*3-1-2(4)5/h5-7,11H,2-4,10H2,1H3,(H,12,13);4H,1-3,8-9H2,(H2,10,11);2*1,3H2,(H,4,5)/t5-,6+,7+;4-;;/m10../s1. The minimum atomic E-state index is -1.17. The first-order valence-electron chi connectivity index (χ1n) is 11.3. The first kappa shape index (κ1) is 39.8. The topological polar surface area (TPSA) is 367 Å². The van der Waals surface area contributed by atoms with E-state index in [0.717, 1.165) is 19.4 Å². The molecule has 0 aliphatic carbocycles. The maximum absolute atomic E-state index is 11.4. The van der Waals surface area contributed by atoms with Gasteiger partial charge >= 0.3 is 35.8 Å². The van der Waals surface area contributed by atoms with Crippen molar-refractivity contribution >= 4 is 41.7 Å². The number of hydrogen-bond acceptors (Lipinski definition) is 15. The van der Waals surface area contributed by atoms with E-state index in [-0.39, 0.29) is 32.0 Å². The zero-order chi connectivity index (χ0) is 31.1. The molecule has 1 amide bonds. The number of carbonyl (C=O) groups excluding carboxylic acids is 4. The van der Waals surface area contributed by atoms with Gasteiger partial charge in [-0.05, 0) is 32.7 Å². The fourth-order valence-corrected chi connectivity index (χ4v) is 2.07. The van der Waals surface area contributed by atoms with Crippen LogP contribution in [0.2, 0.25) is 0 Å². The van der Waals surface area contributed by atoms with E-state index < -0.39 is 66.5 Å². The van der Waals surface area contributed by atoms with Crippen LogP contribution in [0.15, 0.2) is 0 Å². The highest BCUT2D eigenvalue weighted by molar-refractivity contribution is 5.89. The third-order valence-electron chi connectivity index (χ3n) is 4.17. The molecule has 1 rings (SSSR count). The number of nitrogens with one attached hydrogen (secondary N) is 1. The molecule has 0 bridgehead atoms. The molecule has 1 aliphatic heterocycles. The molecule has 0 radical (unpaired) electrons. The van der Waals surface area contributed by atoms with Gasteiger partial charge in [-0.3, -0.25) is 28.8 Å². The molecule has 1 fully saturated rings. The number of carbonyl (C=O) groups is 7. The number of rotatable bonds is 11. The second-order valence-electron chi connectivity index (χ2n) is 7.46. The maximum Gasteiger partial charge on any atom is 0.330 e. The number of esters is 3. The molecule has 1 saturated heterocycles. The van der Waals surface area contributed by atoms with E-state index in [9.17, 15) is 33.6 Å². The van der Waals surface area contributed by atoms with Gasteiger partial charge in [0.1, 0.15) is 24.2 Å². The van der Waals surface area contributed by atoms with Crippen molar-refractivity contribution in [2.45, 2.75) is 56.8 Å². The summed E-state index contributed by atoms with van der Waals surface area (Å²) in [4.78, 5) is 72.3. The first-order chi connectivity index (χ1) is 18.0. The Balaban J connectivity index is -0.000000497. The number of ether oxygens (including phenoxy) is 2. The lowest BCUT2D eigenvalue weighted by atomic mass is 10.1. The third kappa shape index (κ3) is 24.3. The van der Waals surface area contributed by atoms with Crippen LogP contribution in [0.4, 0.5) is 0 Å². The fraction of sp³-hybridized carbons (Fsp3) is 0.650. The van der Waals surface area contributed by atoms with Gasteiger partial charge in [-0.2, -0.15) is 0 Å². The lowest BCUT2D eigenvalue weighted by Crippen LogP contribution is -2.45. The van der Waals surface area contributed by atoms with Gasteiger partial charge in [0.05, 0.1) is 19.6 Å². The molecule has 226 valence electrons. The van der Waals surface area contributed by atoms with Gasteiger partial charge in [0.25, 0.3) is 0 Å². The Kier molecular flexibility index (Phi) is 23.8. The number of hydrogen-bond donors (Lipinski definition) is 10. The van der Waals surface area contributed by atoms with Gasteiger partial charge in [-0.25, -0.2) is 4.79 Å². The summed E-state index contributed by atoms with van der Waals surface area (Å²) in [6.45, 7) is 1.32. The molecule has 4 atom stereocenters. The Morgan fingerprint density at radius 2 is 1.41 bits per heavy atom. The van der Waals surface area contributed by atoms with Crippen molar-refractivity contribution in [3.8, 4) is 0 Å². The summed E-state index contributed by atoms with van der Waals surface area (Å²) in [7, 11) is 0. The van der Waals surface area contributed by atoms with Crippen molar-refractivity contribution in [3.05, 3.63) is 0 Å². The fourth-order valence-electron chi connectivity index (χ4n) is 2.07. The molecule has 0 aromatic carbocycles. The molecule has 16 N–H and O–H groups in total. The van der Waals surface area contributed by atoms with Gasteiger partial charge in [-0.1, -0.05) is 0 Å². The minimum Gasteiger partial charge on any atom is -0.480 e. The van der Waals surface area contributed by atoms with Crippen LogP contribution in [-0.2, 0) is 43.0 Å². The van der Waals surface area contributed by atoms with Crippen LogP contribution in [0.25, 0.3) is 0 Å². The number of nitrogens with two attached hydrogens (primary N) is 6. The molecule has 0 aromatic heterocycles. The van der Waals surface area contributed by atoms with Crippen molar-refractivity contribution in [2.24, 2.45) is 34.4 Å². The van der Waals surface area contributed by atoms with Gasteiger partial charge < -0.3 is 64.5 Å². The second-order valence-corrected chi connectivity index (χ2v) is 7.46. The smallest absolute Gasteiger partial charge is 0.330 e. The van der Waals surface area contributed by atoms with Crippen LogP contribution >= 0.6 is 0 Å². The van der Waals surface area contributed by atoms with Gasteiger partial charge in [0.2, 0.25) is 5.91 Å². The van der Waals surface area contributed by atoms with E-state index in [1.165, 1.54) is 6.92 Å². The van der Waals surface area contributed by atoms with Crippen molar-refractivity contribution in [3.63, 3.8) is 0 Å². The highest BCUT2D eigenvalue weighted by Crippen LogP contribution is 2.09. The van der Waals surface area contributed by atoms with Crippen LogP contribution in [0.1, 0.15) is 32.6 Å². The van der Waals surface area contributed by atoms with Crippen molar-refractivity contribution < 1.29 is 58.4 Å². The summed E-state index contributed by atoms with van der Waals surface area (Å²) in [5, 5.41) is 26.8. The molecule has 0 aromatic rings. The van der Waals surface area contributed by atoms with E-state index >= 15 is 0 Å². The van der Waals surface area contributed by atoms with Crippen LogP contribution in [-0.4, -0.2) is 107 Å². The monoisotopic (exact) mass is 569 g/mol. The van der Waals surface area contributed by atoms with Crippen LogP contribution < -0.4 is 39.7 Å². The summed E-state index contributed by atoms with van der Waals surface area (Å²) < 4.78 is 9.16. The lowest BCUT2D eigenvalue weighted by molar-refractivity contribution is -0.160. The quantitative estimate of drug-likeness (QED) is 0.0819. The number of aliphatic carboxylic acids is 3. The van der Waals surface area contributed by atoms with E-state index in [1.54, 1.807) is 0 Å². The molecule has 0 unspecified atom stereocenters. The van der Waals surface area contributed by atoms with Crippen molar-refractivity contribution in [1.82, 2.24) is 5.32 Å². The number of primary amides is 1. The predicted octanol–water partition coefficient (Wildman–Crippen LogP) is -5.25. The Morgan fingerprint density at radius 1 is 0.923 bits per heavy atom. The van der Waals surface area contributed by atoms with Crippen LogP contribution in [0.3, 0.4) is 0 Å². The van der Waals surface area contributed by atoms with Crippen molar-refractivity contribution in [1.29, 1.82) is 0 Å². The first-order valence-corrected chi connectivity index (χ1v) is 11.3. The minimum absolute atomic E-state index is 0.0346. The molecular formula is C20H39N7O12. The van der Waals surface area contributed by atoms with Gasteiger partial charge in [-0.15, -0.1) is 0 Å². The van der Waals surface area contributed by atoms with E-state index in [2.05, 4.69) is 21.5 Å². The predicted molar refractivity (Wildman–Crippen MR) is 132 cm³/mol. The van der Waals surface area contributed by atoms with Crippen LogP contribution in [0, 0.1) is 0 Å². The van der Waals surface area contributed by atoms with Gasteiger partial charge in [0, 0.05) is 6.42 Å². The van der Waals surface area contributed by atoms with E-state index in [0.29, 0.717) is 0 Å².